The molecule has 0 bridgehead atoms. The molecule has 0 spiro atoms. The SMILES string of the molecule is CCCN(CCC)C(=O)c1cc(C(N)=O)cc(C(=O)NC(Cc2ccc(O)cc2)C(O)CN(CC)NS(=O)(=O)Cc2ccccc2)c1. The monoisotopic (exact) mass is 667 g/mol. The summed E-state index contributed by atoms with van der Waals surface area (Å²) < 4.78 is 25.8. The predicted octanol–water partition coefficient (Wildman–Crippen LogP) is 2.81. The number of nitrogens with one attached hydrogen (secondary N) is 2. The van der Waals surface area contributed by atoms with Gasteiger partial charge in [-0.25, -0.2) is 13.4 Å². The molecule has 0 fully saturated rings. The summed E-state index contributed by atoms with van der Waals surface area (Å²) in [5.41, 5.74) is 6.94. The minimum Gasteiger partial charge on any atom is -0.508 e. The van der Waals surface area contributed by atoms with Crippen molar-refractivity contribution in [2.45, 2.75) is 57.9 Å². The first-order valence-corrected chi connectivity index (χ1v) is 17.3. The van der Waals surface area contributed by atoms with E-state index in [0.717, 1.165) is 12.8 Å². The van der Waals surface area contributed by atoms with Gasteiger partial charge >= 0.3 is 0 Å². The average Bonchev–Trinajstić information content (AvgIpc) is 3.04. The molecule has 3 rings (SSSR count). The van der Waals surface area contributed by atoms with Crippen LogP contribution < -0.4 is 15.9 Å². The molecule has 0 aromatic heterocycles. The van der Waals surface area contributed by atoms with Gasteiger partial charge in [-0.15, -0.1) is 4.83 Å². The first kappa shape index (κ1) is 37.2. The predicted molar refractivity (Wildman–Crippen MR) is 180 cm³/mol. The maximum Gasteiger partial charge on any atom is 0.253 e. The Bertz CT molecular complexity index is 1590. The largest absolute Gasteiger partial charge is 0.508 e. The van der Waals surface area contributed by atoms with Crippen molar-refractivity contribution in [3.05, 3.63) is 101 Å². The number of aromatic hydroxyl groups is 1. The molecule has 12 nitrogen and oxygen atoms in total. The van der Waals surface area contributed by atoms with Crippen LogP contribution in [0.25, 0.3) is 0 Å². The Labute approximate surface area is 276 Å². The number of hydrogen-bond acceptors (Lipinski definition) is 8. The van der Waals surface area contributed by atoms with Gasteiger partial charge in [0.15, 0.2) is 0 Å². The van der Waals surface area contributed by atoms with Crippen molar-refractivity contribution in [1.29, 1.82) is 0 Å². The van der Waals surface area contributed by atoms with Crippen molar-refractivity contribution < 1.29 is 33.0 Å². The number of likely N-dealkylation sites (N-methyl/N-ethyl adjacent to an activating group) is 1. The summed E-state index contributed by atoms with van der Waals surface area (Å²) in [5, 5.41) is 25.3. The van der Waals surface area contributed by atoms with Gasteiger partial charge < -0.3 is 26.2 Å². The molecule has 0 saturated heterocycles. The Morgan fingerprint density at radius 2 is 1.45 bits per heavy atom. The molecule has 0 heterocycles. The van der Waals surface area contributed by atoms with Crippen LogP contribution in [0.2, 0.25) is 0 Å². The molecule has 0 saturated carbocycles. The van der Waals surface area contributed by atoms with Gasteiger partial charge in [-0.3, -0.25) is 14.4 Å². The highest BCUT2D eigenvalue weighted by Gasteiger charge is 2.27. The minimum absolute atomic E-state index is 0.00332. The molecule has 6 N–H and O–H groups in total. The van der Waals surface area contributed by atoms with Gasteiger partial charge in [0.1, 0.15) is 5.75 Å². The van der Waals surface area contributed by atoms with Crippen LogP contribution in [0.1, 0.15) is 75.8 Å². The summed E-state index contributed by atoms with van der Waals surface area (Å²) >= 11 is 0. The number of phenolic OH excluding ortho intramolecular Hbond substituents is 1. The van der Waals surface area contributed by atoms with E-state index in [2.05, 4.69) is 10.1 Å². The van der Waals surface area contributed by atoms with Gasteiger partial charge in [0.25, 0.3) is 11.8 Å². The lowest BCUT2D eigenvalue weighted by atomic mass is 9.99. The summed E-state index contributed by atoms with van der Waals surface area (Å²) in [4.78, 5) is 43.4. The first-order chi connectivity index (χ1) is 22.3. The van der Waals surface area contributed by atoms with Crippen molar-refractivity contribution in [1.82, 2.24) is 20.1 Å². The number of primary amides is 1. The molecule has 3 aromatic carbocycles. The van der Waals surface area contributed by atoms with Gasteiger partial charge in [-0.05, 0) is 60.7 Å². The zero-order valence-corrected chi connectivity index (χ0v) is 27.9. The van der Waals surface area contributed by atoms with Crippen molar-refractivity contribution in [2.75, 3.05) is 26.2 Å². The van der Waals surface area contributed by atoms with Crippen LogP contribution in [-0.2, 0) is 22.2 Å². The number of sulfonamides is 1. The number of nitrogens with zero attached hydrogens (tertiary/aromatic N) is 2. The number of hydrogen-bond donors (Lipinski definition) is 5. The van der Waals surface area contributed by atoms with E-state index in [1.54, 1.807) is 54.3 Å². The quantitative estimate of drug-likeness (QED) is 0.128. The van der Waals surface area contributed by atoms with E-state index >= 15 is 0 Å². The first-order valence-electron chi connectivity index (χ1n) is 15.7. The number of rotatable bonds is 18. The van der Waals surface area contributed by atoms with Crippen LogP contribution in [0.3, 0.4) is 0 Å². The van der Waals surface area contributed by atoms with Gasteiger partial charge in [-0.2, -0.15) is 0 Å². The van der Waals surface area contributed by atoms with Crippen LogP contribution >= 0.6 is 0 Å². The van der Waals surface area contributed by atoms with Gasteiger partial charge in [0, 0.05) is 42.9 Å². The number of amides is 3. The van der Waals surface area contributed by atoms with Crippen molar-refractivity contribution >= 4 is 27.7 Å². The second-order valence-electron chi connectivity index (χ2n) is 11.3. The highest BCUT2D eigenvalue weighted by molar-refractivity contribution is 7.88. The Morgan fingerprint density at radius 1 is 0.851 bits per heavy atom. The van der Waals surface area contributed by atoms with E-state index in [-0.39, 0.29) is 53.6 Å². The highest BCUT2D eigenvalue weighted by atomic mass is 32.2. The van der Waals surface area contributed by atoms with Gasteiger partial charge in [0.05, 0.1) is 17.9 Å². The number of nitrogens with two attached hydrogens (primary N) is 1. The third kappa shape index (κ3) is 11.5. The normalized spacial score (nSPS) is 12.8. The summed E-state index contributed by atoms with van der Waals surface area (Å²) in [6.45, 7) is 6.65. The zero-order valence-electron chi connectivity index (χ0n) is 27.1. The van der Waals surface area contributed by atoms with E-state index in [9.17, 15) is 33.0 Å². The van der Waals surface area contributed by atoms with Crippen LogP contribution in [0.5, 0.6) is 5.75 Å². The Morgan fingerprint density at radius 3 is 2.02 bits per heavy atom. The molecule has 13 heteroatoms. The number of carbonyl (C=O) groups is 3. The molecule has 2 unspecified atom stereocenters. The van der Waals surface area contributed by atoms with Gasteiger partial charge in [0.2, 0.25) is 15.9 Å². The molecule has 0 aliphatic heterocycles. The van der Waals surface area contributed by atoms with Crippen molar-refractivity contribution in [2.24, 2.45) is 5.73 Å². The van der Waals surface area contributed by atoms with E-state index in [0.29, 0.717) is 24.2 Å². The van der Waals surface area contributed by atoms with Crippen molar-refractivity contribution in [3.63, 3.8) is 0 Å². The third-order valence-corrected chi connectivity index (χ3v) is 8.68. The molecule has 0 aliphatic carbocycles. The molecule has 3 amide bonds. The molecular weight excluding hydrogens is 622 g/mol. The third-order valence-electron chi connectivity index (χ3n) is 7.43. The molecule has 0 aliphatic rings. The summed E-state index contributed by atoms with van der Waals surface area (Å²) in [6, 6.07) is 18.0. The van der Waals surface area contributed by atoms with Crippen LogP contribution in [0, 0.1) is 0 Å². The number of phenols is 1. The van der Waals surface area contributed by atoms with E-state index in [1.165, 1.54) is 35.3 Å². The fourth-order valence-corrected chi connectivity index (χ4v) is 6.38. The lowest BCUT2D eigenvalue weighted by molar-refractivity contribution is 0.0634. The van der Waals surface area contributed by atoms with Gasteiger partial charge in [-0.1, -0.05) is 63.2 Å². The number of benzene rings is 3. The lowest BCUT2D eigenvalue weighted by Gasteiger charge is -2.30. The topological polar surface area (TPSA) is 182 Å². The van der Waals surface area contributed by atoms with E-state index < -0.39 is 34.0 Å². The molecule has 3 aromatic rings. The summed E-state index contributed by atoms with van der Waals surface area (Å²) in [5.74, 6) is -2.05. The molecule has 2 atom stereocenters. The second-order valence-corrected chi connectivity index (χ2v) is 13.0. The Kier molecular flexibility index (Phi) is 13.9. The smallest absolute Gasteiger partial charge is 0.253 e. The fraction of sp³-hybridized carbons (Fsp3) is 0.382. The highest BCUT2D eigenvalue weighted by Crippen LogP contribution is 2.17. The maximum absolute atomic E-state index is 13.7. The molecular formula is C34H45N5O7S. The van der Waals surface area contributed by atoms with Crippen molar-refractivity contribution in [3.8, 4) is 5.75 Å². The van der Waals surface area contributed by atoms with Crippen LogP contribution in [0.15, 0.2) is 72.8 Å². The Hall–Kier alpha value is -4.30. The zero-order chi connectivity index (χ0) is 34.6. The maximum atomic E-state index is 13.7. The number of aliphatic hydroxyl groups is 1. The standard InChI is InChI=1S/C34H45N5O7S/c1-4-16-38(17-5-2)34(44)28-20-26(32(35)42)19-27(21-28)33(43)36-30(18-24-12-14-29(40)15-13-24)31(41)22-39(6-3)37-47(45,46)23-25-10-8-7-9-11-25/h7-15,19-21,30-31,37,40-41H,4-6,16-18,22-23H2,1-3H3,(H2,35,42)(H,36,43). The van der Waals surface area contributed by atoms with Crippen LogP contribution in [0.4, 0.5) is 0 Å². The van der Waals surface area contributed by atoms with E-state index in [1.807, 2.05) is 13.8 Å². The fourth-order valence-electron chi connectivity index (χ4n) is 5.09. The Balaban J connectivity index is 1.89. The summed E-state index contributed by atoms with van der Waals surface area (Å²) in [6.07, 6.45) is 0.284. The number of carbonyl (C=O) groups excluding carboxylic acids is 3. The minimum atomic E-state index is -3.82. The van der Waals surface area contributed by atoms with E-state index in [4.69, 9.17) is 5.73 Å². The molecule has 47 heavy (non-hydrogen) atoms. The molecule has 254 valence electrons. The molecule has 0 radical (unpaired) electrons. The van der Waals surface area contributed by atoms with Crippen LogP contribution in [-0.4, -0.2) is 84.6 Å². The summed E-state index contributed by atoms with van der Waals surface area (Å²) in [7, 11) is -3.82. The average molecular weight is 668 g/mol. The second kappa shape index (κ2) is 17.6. The lowest BCUT2D eigenvalue weighted by Crippen LogP contribution is -2.53. The number of aliphatic hydroxyl groups excluding tert-OH is 1. The number of hydrazine groups is 1.